The Balaban J connectivity index is 2.45. The molecule has 2 rings (SSSR count). The van der Waals surface area contributed by atoms with Crippen LogP contribution in [-0.4, -0.2) is 53.6 Å². The summed E-state index contributed by atoms with van der Waals surface area (Å²) in [5.41, 5.74) is 0.964. The molecule has 0 unspecified atom stereocenters. The molecule has 142 valence electrons. The number of rotatable bonds is 6. The third-order valence-corrected chi connectivity index (χ3v) is 4.38. The minimum atomic E-state index is -1.06. The molecule has 0 saturated carbocycles. The van der Waals surface area contributed by atoms with E-state index in [1.165, 1.54) is 18.1 Å². The second kappa shape index (κ2) is 8.64. The van der Waals surface area contributed by atoms with Crippen molar-refractivity contribution in [3.05, 3.63) is 42.1 Å². The van der Waals surface area contributed by atoms with Gasteiger partial charge in [-0.3, -0.25) is 4.79 Å². The maximum atomic E-state index is 13.3. The largest absolute Gasteiger partial charge is 0.497 e. The molecule has 1 aromatic heterocycles. The molecule has 7 nitrogen and oxygen atoms in total. The Hall–Kier alpha value is -2.92. The van der Waals surface area contributed by atoms with Gasteiger partial charge in [0.15, 0.2) is 5.83 Å². The molecule has 1 fully saturated rings. The summed E-state index contributed by atoms with van der Waals surface area (Å²) in [4.78, 5) is 23.6. The first-order valence-corrected chi connectivity index (χ1v) is 8.42. The maximum absolute atomic E-state index is 13.3. The van der Waals surface area contributed by atoms with Gasteiger partial charge < -0.3 is 14.5 Å². The van der Waals surface area contributed by atoms with E-state index in [9.17, 15) is 9.18 Å². The first-order valence-electron chi connectivity index (χ1n) is 8.04. The molecular formula is C18H19ClFN5O2. The average molecular weight is 392 g/mol. The molecule has 0 aliphatic carbocycles. The van der Waals surface area contributed by atoms with Crippen molar-refractivity contribution in [2.24, 2.45) is 0 Å². The third-order valence-electron chi connectivity index (χ3n) is 4.21. The highest BCUT2D eigenvalue weighted by Crippen LogP contribution is 2.31. The minimum absolute atomic E-state index is 0.0139. The molecule has 1 saturated heterocycles. The molecule has 1 aromatic rings. The SMILES string of the molecule is C=Cc1nc(Cl)nc(N2CCN(C(=O)C(=C)F)[C@@H](CC#N)C2)c1C(=C)OC. The molecule has 0 radical (unpaired) electrons. The molecule has 0 spiro atoms. The molecule has 1 aliphatic heterocycles. The van der Waals surface area contributed by atoms with Crippen LogP contribution in [0.2, 0.25) is 5.28 Å². The van der Waals surface area contributed by atoms with E-state index >= 15 is 0 Å². The molecule has 0 aromatic carbocycles. The van der Waals surface area contributed by atoms with Gasteiger partial charge in [0, 0.05) is 19.6 Å². The maximum Gasteiger partial charge on any atom is 0.282 e. The number of methoxy groups -OCH3 is 1. The topological polar surface area (TPSA) is 82.4 Å². The molecule has 2 heterocycles. The van der Waals surface area contributed by atoms with Crippen LogP contribution in [0.4, 0.5) is 10.2 Å². The van der Waals surface area contributed by atoms with Gasteiger partial charge in [0.2, 0.25) is 5.28 Å². The summed E-state index contributed by atoms with van der Waals surface area (Å²) in [6.07, 6.45) is 1.54. The molecule has 9 heteroatoms. The van der Waals surface area contributed by atoms with Gasteiger partial charge in [0.25, 0.3) is 5.91 Å². The van der Waals surface area contributed by atoms with Gasteiger partial charge in [-0.25, -0.2) is 9.37 Å². The van der Waals surface area contributed by atoms with Crippen LogP contribution in [0.25, 0.3) is 11.8 Å². The Morgan fingerprint density at radius 1 is 1.48 bits per heavy atom. The molecule has 0 bridgehead atoms. The highest BCUT2D eigenvalue weighted by Gasteiger charge is 2.34. The number of aromatic nitrogens is 2. The molecule has 1 aliphatic rings. The lowest BCUT2D eigenvalue weighted by Gasteiger charge is -2.41. The number of carbonyl (C=O) groups excluding carboxylic acids is 1. The van der Waals surface area contributed by atoms with E-state index < -0.39 is 17.8 Å². The molecular weight excluding hydrogens is 373 g/mol. The van der Waals surface area contributed by atoms with Crippen molar-refractivity contribution in [3.8, 4) is 6.07 Å². The summed E-state index contributed by atoms with van der Waals surface area (Å²) in [6.45, 7) is 11.4. The second-order valence-corrected chi connectivity index (χ2v) is 6.11. The highest BCUT2D eigenvalue weighted by molar-refractivity contribution is 6.28. The number of halogens is 2. The van der Waals surface area contributed by atoms with Gasteiger partial charge in [-0.1, -0.05) is 19.7 Å². The number of amides is 1. The van der Waals surface area contributed by atoms with E-state index in [1.54, 1.807) is 0 Å². The lowest BCUT2D eigenvalue weighted by molar-refractivity contribution is -0.131. The number of anilines is 1. The first-order chi connectivity index (χ1) is 12.8. The van der Waals surface area contributed by atoms with Crippen LogP contribution in [0.5, 0.6) is 0 Å². The van der Waals surface area contributed by atoms with Crippen molar-refractivity contribution in [1.82, 2.24) is 14.9 Å². The number of carbonyl (C=O) groups is 1. The van der Waals surface area contributed by atoms with Crippen LogP contribution in [0.15, 0.2) is 25.6 Å². The monoisotopic (exact) mass is 391 g/mol. The summed E-state index contributed by atoms with van der Waals surface area (Å²) >= 11 is 6.04. The second-order valence-electron chi connectivity index (χ2n) is 5.77. The van der Waals surface area contributed by atoms with E-state index in [-0.39, 0.29) is 24.8 Å². The predicted molar refractivity (Wildman–Crippen MR) is 101 cm³/mol. The summed E-state index contributed by atoms with van der Waals surface area (Å²) in [5.74, 6) is -1.10. The van der Waals surface area contributed by atoms with Crippen molar-refractivity contribution >= 4 is 35.2 Å². The lowest BCUT2D eigenvalue weighted by Crippen LogP contribution is -2.55. The van der Waals surface area contributed by atoms with Crippen LogP contribution in [0, 0.1) is 11.3 Å². The zero-order valence-corrected chi connectivity index (χ0v) is 15.7. The molecule has 0 N–H and O–H groups in total. The molecule has 27 heavy (non-hydrogen) atoms. The summed E-state index contributed by atoms with van der Waals surface area (Å²) in [6, 6.07) is 1.49. The van der Waals surface area contributed by atoms with E-state index in [1.807, 2.05) is 11.0 Å². The fraction of sp³-hybridized carbons (Fsp3) is 0.333. The van der Waals surface area contributed by atoms with Gasteiger partial charge in [0.05, 0.1) is 36.9 Å². The summed E-state index contributed by atoms with van der Waals surface area (Å²) < 4.78 is 18.6. The number of nitrogens with zero attached hydrogens (tertiary/aromatic N) is 5. The Bertz CT molecular complexity index is 836. The zero-order chi connectivity index (χ0) is 20.1. The Kier molecular flexibility index (Phi) is 6.53. The van der Waals surface area contributed by atoms with Crippen LogP contribution in [-0.2, 0) is 9.53 Å². The van der Waals surface area contributed by atoms with Crippen molar-refractivity contribution in [3.63, 3.8) is 0 Å². The fourth-order valence-electron chi connectivity index (χ4n) is 2.94. The van der Waals surface area contributed by atoms with E-state index in [0.717, 1.165) is 0 Å². The van der Waals surface area contributed by atoms with E-state index in [2.05, 4.69) is 29.7 Å². The summed E-state index contributed by atoms with van der Waals surface area (Å²) in [5, 5.41) is 9.12. The molecule has 1 amide bonds. The van der Waals surface area contributed by atoms with Gasteiger partial charge in [0.1, 0.15) is 11.6 Å². The number of hydrogen-bond donors (Lipinski definition) is 0. The standard InChI is InChI=1S/C18H19ClFN5O2/c1-5-14-15(12(3)27-4)16(23-18(19)22-14)24-8-9-25(17(26)11(2)20)13(10-24)6-7-21/h5,13H,1-3,6,8-10H2,4H3/t13-/m0/s1. The van der Waals surface area contributed by atoms with E-state index in [0.29, 0.717) is 29.4 Å². The Morgan fingerprint density at radius 2 is 2.19 bits per heavy atom. The average Bonchev–Trinajstić information content (AvgIpc) is 2.66. The lowest BCUT2D eigenvalue weighted by atomic mass is 10.1. The van der Waals surface area contributed by atoms with Crippen LogP contribution >= 0.6 is 11.6 Å². The predicted octanol–water partition coefficient (Wildman–Crippen LogP) is 2.80. The normalized spacial score (nSPS) is 16.4. The van der Waals surface area contributed by atoms with Crippen LogP contribution in [0.3, 0.4) is 0 Å². The van der Waals surface area contributed by atoms with Crippen molar-refractivity contribution in [2.45, 2.75) is 12.5 Å². The quantitative estimate of drug-likeness (QED) is 0.421. The number of ether oxygens (including phenoxy) is 1. The number of hydrogen-bond acceptors (Lipinski definition) is 6. The van der Waals surface area contributed by atoms with Gasteiger partial charge >= 0.3 is 0 Å². The van der Waals surface area contributed by atoms with Crippen molar-refractivity contribution in [2.75, 3.05) is 31.6 Å². The smallest absolute Gasteiger partial charge is 0.282 e. The number of piperazine rings is 1. The fourth-order valence-corrected chi connectivity index (χ4v) is 3.11. The van der Waals surface area contributed by atoms with Gasteiger partial charge in [-0.05, 0) is 17.7 Å². The zero-order valence-electron chi connectivity index (χ0n) is 14.9. The van der Waals surface area contributed by atoms with Gasteiger partial charge in [-0.2, -0.15) is 10.2 Å². The van der Waals surface area contributed by atoms with E-state index in [4.69, 9.17) is 21.6 Å². The first kappa shape index (κ1) is 20.4. The number of nitriles is 1. The molecule has 1 atom stereocenters. The van der Waals surface area contributed by atoms with Crippen molar-refractivity contribution < 1.29 is 13.9 Å². The summed E-state index contributed by atoms with van der Waals surface area (Å²) in [7, 11) is 1.47. The van der Waals surface area contributed by atoms with Crippen LogP contribution in [0.1, 0.15) is 17.7 Å². The Labute approximate surface area is 162 Å². The van der Waals surface area contributed by atoms with Gasteiger partial charge in [-0.15, -0.1) is 0 Å². The van der Waals surface area contributed by atoms with Crippen molar-refractivity contribution in [1.29, 1.82) is 5.26 Å². The third kappa shape index (κ3) is 4.26. The Morgan fingerprint density at radius 3 is 2.74 bits per heavy atom. The highest BCUT2D eigenvalue weighted by atomic mass is 35.5. The van der Waals surface area contributed by atoms with Crippen LogP contribution < -0.4 is 4.90 Å². The minimum Gasteiger partial charge on any atom is -0.497 e.